The van der Waals surface area contributed by atoms with E-state index in [0.717, 1.165) is 20.7 Å². The summed E-state index contributed by atoms with van der Waals surface area (Å²) in [6, 6.07) is 40.7. The first kappa shape index (κ1) is 33.5. The van der Waals surface area contributed by atoms with Gasteiger partial charge in [0.2, 0.25) is 0 Å². The van der Waals surface area contributed by atoms with Gasteiger partial charge in [0.05, 0.1) is 12.7 Å². The highest BCUT2D eigenvalue weighted by Gasteiger charge is 2.53. The first-order valence-corrected chi connectivity index (χ1v) is 19.9. The largest absolute Gasteiger partial charge is 0.424 e. The van der Waals surface area contributed by atoms with Crippen molar-refractivity contribution in [3.05, 3.63) is 121 Å². The fourth-order valence-electron chi connectivity index (χ4n) is 7.16. The second-order valence-electron chi connectivity index (χ2n) is 14.0. The minimum atomic E-state index is -3.21. The van der Waals surface area contributed by atoms with Crippen molar-refractivity contribution in [3.63, 3.8) is 0 Å². The molecule has 1 saturated heterocycles. The summed E-state index contributed by atoms with van der Waals surface area (Å²) in [4.78, 5) is 12.6. The smallest absolute Gasteiger partial charge is 0.261 e. The Morgan fingerprint density at radius 3 is 1.38 bits per heavy atom. The molecule has 4 aromatic rings. The van der Waals surface area contributed by atoms with E-state index in [4.69, 9.17) is 9.16 Å². The molecule has 1 aliphatic rings. The van der Waals surface area contributed by atoms with Crippen molar-refractivity contribution in [3.8, 4) is 0 Å². The van der Waals surface area contributed by atoms with E-state index in [1.54, 1.807) is 0 Å². The number of rotatable bonds is 11. The molecular weight excluding hydrogens is 593 g/mol. The molecule has 1 fully saturated rings. The first-order valence-electron chi connectivity index (χ1n) is 16.0. The van der Waals surface area contributed by atoms with Gasteiger partial charge in [-0.1, -0.05) is 156 Å². The lowest BCUT2D eigenvalue weighted by atomic mass is 9.99. The fraction of sp³-hybridized carbons (Fsp3) is 0.368. The quantitative estimate of drug-likeness (QED) is 0.213. The molecule has 0 saturated carbocycles. The van der Waals surface area contributed by atoms with Crippen molar-refractivity contribution in [2.24, 2.45) is 0 Å². The van der Waals surface area contributed by atoms with Crippen LogP contribution < -0.4 is 20.7 Å². The minimum Gasteiger partial charge on any atom is -0.424 e. The van der Waals surface area contributed by atoms with Crippen LogP contribution in [0.4, 0.5) is 0 Å². The summed E-state index contributed by atoms with van der Waals surface area (Å²) in [6.07, 6.45) is -2.26. The normalized spacial score (nSPS) is 21.2. The zero-order chi connectivity index (χ0) is 32.3. The van der Waals surface area contributed by atoms with Crippen LogP contribution in [-0.4, -0.2) is 62.7 Å². The Morgan fingerprint density at radius 1 is 0.600 bits per heavy atom. The molecule has 0 unspecified atom stereocenters. The van der Waals surface area contributed by atoms with Crippen molar-refractivity contribution >= 4 is 37.4 Å². The molecule has 0 bridgehead atoms. The van der Waals surface area contributed by atoms with Gasteiger partial charge in [-0.25, -0.2) is 0 Å². The average molecular weight is 641 g/mol. The third kappa shape index (κ3) is 6.40. The molecule has 45 heavy (non-hydrogen) atoms. The minimum absolute atomic E-state index is 0.165. The molecule has 0 radical (unpaired) electrons. The van der Waals surface area contributed by atoms with E-state index < -0.39 is 46.1 Å². The lowest BCUT2D eigenvalue weighted by Crippen LogP contribution is -2.67. The van der Waals surface area contributed by atoms with Crippen LogP contribution in [0.3, 0.4) is 0 Å². The molecule has 1 heterocycles. The molecular formula is C38H48O5Si2. The predicted octanol–water partition coefficient (Wildman–Crippen LogP) is 4.36. The molecule has 0 spiro atoms. The van der Waals surface area contributed by atoms with Gasteiger partial charge in [0.15, 0.2) is 0 Å². The number of hydrogen-bond donors (Lipinski definition) is 3. The summed E-state index contributed by atoms with van der Waals surface area (Å²) in [7, 11) is -6.05. The maximum atomic E-state index is 12.6. The fourth-order valence-corrected chi connectivity index (χ4v) is 15.5. The van der Waals surface area contributed by atoms with Crippen LogP contribution >= 0.6 is 0 Å². The summed E-state index contributed by atoms with van der Waals surface area (Å²) in [5.41, 5.74) is 0. The Hall–Kier alpha value is -2.89. The highest BCUT2D eigenvalue weighted by Crippen LogP contribution is 2.42. The molecule has 3 N–H and O–H groups in total. The van der Waals surface area contributed by atoms with Crippen LogP contribution in [0, 0.1) is 0 Å². The Bertz CT molecular complexity index is 1410. The van der Waals surface area contributed by atoms with Gasteiger partial charge in [0, 0.05) is 0 Å². The van der Waals surface area contributed by atoms with Crippen molar-refractivity contribution in [2.45, 2.75) is 82.0 Å². The van der Waals surface area contributed by atoms with Gasteiger partial charge in [-0.3, -0.25) is 0 Å². The van der Waals surface area contributed by atoms with Crippen molar-refractivity contribution in [1.82, 2.24) is 0 Å². The van der Waals surface area contributed by atoms with Crippen LogP contribution in [0.25, 0.3) is 0 Å². The summed E-state index contributed by atoms with van der Waals surface area (Å²) in [5, 5.41) is 25.9. The average Bonchev–Trinajstić information content (AvgIpc) is 3.33. The molecule has 238 valence electrons. The van der Waals surface area contributed by atoms with Crippen molar-refractivity contribution in [1.29, 1.82) is 0 Å². The molecule has 5 nitrogen and oxygen atoms in total. The third-order valence-electron chi connectivity index (χ3n) is 9.76. The van der Waals surface area contributed by atoms with E-state index in [1.807, 2.05) is 97.1 Å². The van der Waals surface area contributed by atoms with Gasteiger partial charge >= 0.3 is 0 Å². The third-order valence-corrected chi connectivity index (χ3v) is 19.3. The van der Waals surface area contributed by atoms with Gasteiger partial charge in [0.1, 0.15) is 18.3 Å². The van der Waals surface area contributed by atoms with Crippen LogP contribution in [-0.2, 0) is 9.16 Å². The van der Waals surface area contributed by atoms with E-state index in [1.165, 1.54) is 0 Å². The molecule has 7 heteroatoms. The zero-order valence-electron chi connectivity index (χ0n) is 27.1. The number of aliphatic hydroxyl groups is 2. The van der Waals surface area contributed by atoms with Gasteiger partial charge in [-0.15, -0.1) is 0 Å². The highest BCUT2D eigenvalue weighted by molar-refractivity contribution is 6.99. The zero-order valence-corrected chi connectivity index (χ0v) is 29.1. The monoisotopic (exact) mass is 640 g/mol. The van der Waals surface area contributed by atoms with Gasteiger partial charge in [-0.05, 0) is 43.7 Å². The maximum absolute atomic E-state index is 12.6. The lowest BCUT2D eigenvalue weighted by molar-refractivity contribution is -0.0216. The lowest BCUT2D eigenvalue weighted by Gasteiger charge is -2.43. The number of hydrogen-bond acceptors (Lipinski definition) is 5. The number of ether oxygens (including phenoxy) is 1. The molecule has 4 atom stereocenters. The first-order chi connectivity index (χ1) is 21.4. The van der Waals surface area contributed by atoms with Crippen molar-refractivity contribution in [2.75, 3.05) is 6.61 Å². The Labute approximate surface area is 270 Å². The van der Waals surface area contributed by atoms with Gasteiger partial charge < -0.3 is 24.2 Å². The van der Waals surface area contributed by atoms with Gasteiger partial charge in [-0.2, -0.15) is 0 Å². The maximum Gasteiger partial charge on any atom is 0.261 e. The summed E-state index contributed by atoms with van der Waals surface area (Å²) in [6.45, 7) is 11.0. The van der Waals surface area contributed by atoms with E-state index in [2.05, 4.69) is 58.9 Å². The van der Waals surface area contributed by atoms with E-state index in [9.17, 15) is 15.0 Å². The van der Waals surface area contributed by atoms with Crippen molar-refractivity contribution < 1.29 is 24.2 Å². The van der Waals surface area contributed by atoms with E-state index in [-0.39, 0.29) is 11.6 Å². The molecule has 0 aromatic heterocycles. The highest BCUT2D eigenvalue weighted by atomic mass is 28.4. The second-order valence-corrected chi connectivity index (χ2v) is 22.3. The SMILES string of the molecule is CC(C)(CC[C@@H]1O[C@@H](CO[Si](c2ccccc2)(c2ccccc2)C(C)(C)C)[C@@H](O)[C@@H]1O)[Si](O)(c1ccccc1)c1ccccc1. The van der Waals surface area contributed by atoms with E-state index >= 15 is 0 Å². The molecule has 5 rings (SSSR count). The second kappa shape index (κ2) is 13.5. The van der Waals surface area contributed by atoms with Gasteiger partial charge in [0.25, 0.3) is 16.6 Å². The Balaban J connectivity index is 1.37. The van der Waals surface area contributed by atoms with Crippen LogP contribution in [0.5, 0.6) is 0 Å². The number of benzene rings is 4. The Morgan fingerprint density at radius 2 is 0.978 bits per heavy atom. The topological polar surface area (TPSA) is 79.2 Å². The predicted molar refractivity (Wildman–Crippen MR) is 188 cm³/mol. The van der Waals surface area contributed by atoms with Crippen LogP contribution in [0.1, 0.15) is 47.5 Å². The number of aliphatic hydroxyl groups excluding tert-OH is 2. The summed E-state index contributed by atoms with van der Waals surface area (Å²) in [5.74, 6) is 0. The molecule has 1 aliphatic heterocycles. The molecule has 4 aromatic carbocycles. The summed E-state index contributed by atoms with van der Waals surface area (Å²) >= 11 is 0. The summed E-state index contributed by atoms with van der Waals surface area (Å²) < 4.78 is 13.5. The van der Waals surface area contributed by atoms with Crippen LogP contribution in [0.15, 0.2) is 121 Å². The Kier molecular flexibility index (Phi) is 10.0. The standard InChI is InChI=1S/C38H48O5Si2/c1-37(2,3)45(31-22-14-8-15-23-31,32-24-16-9-17-25-32)42-28-34-36(40)35(39)33(43-34)26-27-38(4,5)44(41,29-18-10-6-11-19-29)30-20-12-7-13-21-30/h6-25,33-36,39-41H,26-28H2,1-5H3/t33-,34-,35+,36+/m0/s1. The molecule has 0 amide bonds. The van der Waals surface area contributed by atoms with Crippen LogP contribution in [0.2, 0.25) is 10.1 Å². The molecule has 0 aliphatic carbocycles. The van der Waals surface area contributed by atoms with E-state index in [0.29, 0.717) is 12.8 Å².